The minimum atomic E-state index is -3.16. The normalized spacial score (nSPS) is 16.4. The van der Waals surface area contributed by atoms with Crippen molar-refractivity contribution in [1.29, 1.82) is 0 Å². The summed E-state index contributed by atoms with van der Waals surface area (Å²) in [4.78, 5) is 11.0. The van der Waals surface area contributed by atoms with Crippen LogP contribution in [0.4, 0.5) is 0 Å². The van der Waals surface area contributed by atoms with Gasteiger partial charge in [0.25, 0.3) is 0 Å². The first-order valence-electron chi connectivity index (χ1n) is 8.57. The second-order valence-corrected chi connectivity index (χ2v) is 9.07. The molecule has 0 aliphatic carbocycles. The number of hydrazine groups is 3. The first kappa shape index (κ1) is 20.2. The maximum absolute atomic E-state index is 12.4. The van der Waals surface area contributed by atoms with Crippen molar-refractivity contribution >= 4 is 9.84 Å². The molecule has 3 aliphatic heterocycles. The zero-order chi connectivity index (χ0) is 19.8. The molecule has 4 rings (SSSR count). The second kappa shape index (κ2) is 7.24. The van der Waals surface area contributed by atoms with E-state index < -0.39 is 14.9 Å². The molecule has 0 saturated heterocycles. The summed E-state index contributed by atoms with van der Waals surface area (Å²) in [6, 6.07) is 2.10. The molecule has 3 heterocycles. The van der Waals surface area contributed by atoms with Gasteiger partial charge in [-0.2, -0.15) is 0 Å². The van der Waals surface area contributed by atoms with Crippen LogP contribution in [0.2, 0.25) is 0 Å². The summed E-state index contributed by atoms with van der Waals surface area (Å²) in [6.45, 7) is 12.4. The Bertz CT molecular complexity index is 783. The monoisotopic (exact) mass is 382 g/mol. The molecule has 9 heteroatoms. The van der Waals surface area contributed by atoms with Crippen LogP contribution in [0.3, 0.4) is 0 Å². The van der Waals surface area contributed by atoms with E-state index >= 15 is 0 Å². The molecule has 0 fully saturated rings. The van der Waals surface area contributed by atoms with Gasteiger partial charge in [-0.15, -0.1) is 0 Å². The zero-order valence-corrected chi connectivity index (χ0v) is 16.7. The maximum Gasteiger partial charge on any atom is 0.207 e. The van der Waals surface area contributed by atoms with Crippen LogP contribution in [0.1, 0.15) is 76.0 Å². The van der Waals surface area contributed by atoms with Crippen LogP contribution < -0.4 is 11.0 Å². The number of nitro groups is 1. The molecule has 2 N–H and O–H groups in total. The second-order valence-electron chi connectivity index (χ2n) is 7.25. The highest BCUT2D eigenvalue weighted by atomic mass is 32.2. The highest BCUT2D eigenvalue weighted by molar-refractivity contribution is 7.93. The molecule has 2 bridgehead atoms. The highest BCUT2D eigenvalue weighted by Gasteiger charge is 2.43. The molecule has 1 aromatic rings. The molecule has 144 valence electrons. The number of hydrogen-bond acceptors (Lipinski definition) is 6. The number of hydrogen-bond donors (Lipinski definition) is 2. The minimum absolute atomic E-state index is 0.249. The van der Waals surface area contributed by atoms with Crippen molar-refractivity contribution in [3.63, 3.8) is 0 Å². The molecule has 0 saturated carbocycles. The number of fused-ring (bicyclic) bond motifs is 2. The van der Waals surface area contributed by atoms with Gasteiger partial charge in [-0.05, 0) is 39.6 Å². The topological polar surface area (TPSA) is 105 Å². The van der Waals surface area contributed by atoms with Crippen molar-refractivity contribution in [2.24, 2.45) is 0 Å². The fraction of sp³-hybridized carbons (Fsp3) is 0.529. The van der Waals surface area contributed by atoms with Gasteiger partial charge in [-0.1, -0.05) is 53.1 Å². The number of sulfone groups is 1. The van der Waals surface area contributed by atoms with Gasteiger partial charge in [0, 0.05) is 6.20 Å². The van der Waals surface area contributed by atoms with Crippen LogP contribution in [-0.2, 0) is 9.84 Å². The van der Waals surface area contributed by atoms with Gasteiger partial charge in [0.05, 0.1) is 9.79 Å². The van der Waals surface area contributed by atoms with Crippen LogP contribution in [0, 0.1) is 10.1 Å². The maximum atomic E-state index is 12.4. The van der Waals surface area contributed by atoms with Crippen molar-refractivity contribution in [3.8, 4) is 0 Å². The largest absolute Gasteiger partial charge is 0.305 e. The number of nitrogens with zero attached hydrogens (tertiary/aromatic N) is 2. The van der Waals surface area contributed by atoms with E-state index in [-0.39, 0.29) is 17.8 Å². The van der Waals surface area contributed by atoms with Crippen molar-refractivity contribution in [2.45, 2.75) is 69.1 Å². The summed E-state index contributed by atoms with van der Waals surface area (Å²) in [7, 11) is -3.16. The van der Waals surface area contributed by atoms with Crippen LogP contribution in [0.5, 0.6) is 0 Å². The Morgan fingerprint density at radius 2 is 1.50 bits per heavy atom. The van der Waals surface area contributed by atoms with E-state index in [4.69, 9.17) is 0 Å². The van der Waals surface area contributed by atoms with E-state index in [1.54, 1.807) is 0 Å². The van der Waals surface area contributed by atoms with E-state index in [0.29, 0.717) is 14.9 Å². The first-order chi connectivity index (χ1) is 12.0. The van der Waals surface area contributed by atoms with Crippen molar-refractivity contribution < 1.29 is 13.5 Å². The summed E-state index contributed by atoms with van der Waals surface area (Å²) < 4.78 is 24.8. The van der Waals surface area contributed by atoms with Crippen LogP contribution in [-0.4, -0.2) is 18.6 Å². The molecule has 8 nitrogen and oxygen atoms in total. The van der Waals surface area contributed by atoms with E-state index in [9.17, 15) is 18.5 Å². The molecule has 1 aromatic carbocycles. The summed E-state index contributed by atoms with van der Waals surface area (Å²) >= 11 is 0. The van der Waals surface area contributed by atoms with Gasteiger partial charge in [0.15, 0.2) is 5.03 Å². The van der Waals surface area contributed by atoms with Crippen LogP contribution in [0.25, 0.3) is 0 Å². The molecule has 0 amide bonds. The van der Waals surface area contributed by atoms with Gasteiger partial charge in [0.2, 0.25) is 9.84 Å². The van der Waals surface area contributed by atoms with Crippen molar-refractivity contribution in [3.05, 3.63) is 45.3 Å². The molecule has 0 atom stereocenters. The van der Waals surface area contributed by atoms with Crippen molar-refractivity contribution in [2.75, 3.05) is 0 Å². The molecule has 3 aliphatic rings. The fourth-order valence-corrected chi connectivity index (χ4v) is 5.61. The summed E-state index contributed by atoms with van der Waals surface area (Å²) in [5.74, 6) is 0.771. The SMILES string of the molecule is CC(C)c1cc(C(C)C)c2c(C(C)C)c1S2(=O)=O.O=[N+]([O-])N1C=CNN1. The van der Waals surface area contributed by atoms with Gasteiger partial charge in [-0.3, -0.25) is 0 Å². The lowest BCUT2D eigenvalue weighted by Gasteiger charge is -2.34. The Kier molecular flexibility index (Phi) is 5.62. The standard InChI is InChI=1S/C15H22O2S.C2H4N4O2/c1-8(2)11-7-12(9(3)4)15-13(10(5)6)14(11)18(15,16)17;7-6(8)5-2-1-3-4-5/h7-10H,1-6H3;1-4H. The predicted molar refractivity (Wildman–Crippen MR) is 98.4 cm³/mol. The minimum Gasteiger partial charge on any atom is -0.305 e. The number of rotatable bonds is 4. The van der Waals surface area contributed by atoms with Gasteiger partial charge in [-0.25, -0.2) is 18.5 Å². The summed E-state index contributed by atoms with van der Waals surface area (Å²) in [6.07, 6.45) is 2.68. The Morgan fingerprint density at radius 1 is 1.00 bits per heavy atom. The van der Waals surface area contributed by atoms with Gasteiger partial charge in [0.1, 0.15) is 6.20 Å². The quantitative estimate of drug-likeness (QED) is 0.618. The Hall–Kier alpha value is -2.13. The van der Waals surface area contributed by atoms with Crippen molar-refractivity contribution in [1.82, 2.24) is 16.1 Å². The lowest BCUT2D eigenvalue weighted by Crippen LogP contribution is -2.39. The third kappa shape index (κ3) is 3.41. The lowest BCUT2D eigenvalue weighted by atomic mass is 9.88. The number of nitrogens with one attached hydrogen (secondary N) is 2. The summed E-state index contributed by atoms with van der Waals surface area (Å²) in [5.41, 5.74) is 7.69. The third-order valence-electron chi connectivity index (χ3n) is 4.34. The van der Waals surface area contributed by atoms with E-state index in [0.717, 1.165) is 16.7 Å². The Morgan fingerprint density at radius 3 is 1.77 bits per heavy atom. The molecule has 0 aromatic heterocycles. The lowest BCUT2D eigenvalue weighted by molar-refractivity contribution is -0.653. The average molecular weight is 382 g/mol. The molecule has 0 unspecified atom stereocenters. The zero-order valence-electron chi connectivity index (χ0n) is 15.9. The Balaban J connectivity index is 0.000000254. The van der Waals surface area contributed by atoms with E-state index in [2.05, 4.69) is 58.6 Å². The predicted octanol–water partition coefficient (Wildman–Crippen LogP) is 3.18. The van der Waals surface area contributed by atoms with Gasteiger partial charge < -0.3 is 5.43 Å². The molecule has 0 radical (unpaired) electrons. The molecule has 26 heavy (non-hydrogen) atoms. The smallest absolute Gasteiger partial charge is 0.207 e. The average Bonchev–Trinajstić information content (AvgIpc) is 3.07. The van der Waals surface area contributed by atoms with Crippen LogP contribution in [0.15, 0.2) is 28.3 Å². The highest BCUT2D eigenvalue weighted by Crippen LogP contribution is 2.50. The van der Waals surface area contributed by atoms with Crippen LogP contribution >= 0.6 is 0 Å². The van der Waals surface area contributed by atoms with E-state index in [1.807, 2.05) is 0 Å². The first-order valence-corrected chi connectivity index (χ1v) is 10.1. The van der Waals surface area contributed by atoms with E-state index in [1.165, 1.54) is 12.4 Å². The molecular formula is C17H26N4O4S. The Labute approximate surface area is 154 Å². The molecule has 0 spiro atoms. The fourth-order valence-electron chi connectivity index (χ4n) is 3.09. The van der Waals surface area contributed by atoms with Gasteiger partial charge >= 0.3 is 0 Å². The number of benzene rings is 1. The third-order valence-corrected chi connectivity index (χ3v) is 6.32. The summed E-state index contributed by atoms with van der Waals surface area (Å²) in [5, 5.41) is 9.90. The molecular weight excluding hydrogens is 356 g/mol.